The van der Waals surface area contributed by atoms with Crippen molar-refractivity contribution in [2.75, 3.05) is 19.6 Å². The average Bonchev–Trinajstić information content (AvgIpc) is 2.36. The molecule has 1 nitrogen and oxygen atoms in total. The maximum atomic E-state index is 2.67. The van der Waals surface area contributed by atoms with Crippen LogP contribution in [0.2, 0.25) is 0 Å². The molecular weight excluding hydrogens is 146 g/mol. The Kier molecular flexibility index (Phi) is 2.40. The lowest BCUT2D eigenvalue weighted by atomic mass is 9.78. The van der Waals surface area contributed by atoms with Gasteiger partial charge >= 0.3 is 0 Å². The normalized spacial score (nSPS) is 41.8. The lowest BCUT2D eigenvalue weighted by Crippen LogP contribution is -2.39. The summed E-state index contributed by atoms with van der Waals surface area (Å²) < 4.78 is 0. The van der Waals surface area contributed by atoms with Crippen molar-refractivity contribution in [2.24, 2.45) is 17.8 Å². The van der Waals surface area contributed by atoms with Gasteiger partial charge in [-0.25, -0.2) is 0 Å². The smallest absolute Gasteiger partial charge is 0.00148 e. The number of hydrogen-bond acceptors (Lipinski definition) is 1. The van der Waals surface area contributed by atoms with Crippen LogP contribution in [0.5, 0.6) is 0 Å². The molecule has 0 aromatic heterocycles. The van der Waals surface area contributed by atoms with Gasteiger partial charge in [0.15, 0.2) is 0 Å². The monoisotopic (exact) mass is 167 g/mol. The standard InChI is InChI=1S/C11H21N/c1-9(2)11-8-12-6-3-4-10(11)5-7-12/h9-11H,3-8H2,1-2H3. The van der Waals surface area contributed by atoms with Crippen LogP contribution in [0, 0.1) is 17.8 Å². The van der Waals surface area contributed by atoms with E-state index in [1.807, 2.05) is 0 Å². The van der Waals surface area contributed by atoms with Crippen LogP contribution in [0.15, 0.2) is 0 Å². The second kappa shape index (κ2) is 3.37. The van der Waals surface area contributed by atoms with Gasteiger partial charge in [-0.2, -0.15) is 0 Å². The largest absolute Gasteiger partial charge is 0.303 e. The lowest BCUT2D eigenvalue weighted by Gasteiger charge is -2.37. The van der Waals surface area contributed by atoms with Crippen molar-refractivity contribution in [3.8, 4) is 0 Å². The SMILES string of the molecule is CC(C)C1CN2CCCC1CC2. The van der Waals surface area contributed by atoms with Gasteiger partial charge in [-0.05, 0) is 50.1 Å². The predicted molar refractivity (Wildman–Crippen MR) is 52.1 cm³/mol. The summed E-state index contributed by atoms with van der Waals surface area (Å²) in [5, 5.41) is 0. The molecular formula is C11H21N. The highest BCUT2D eigenvalue weighted by Crippen LogP contribution is 2.35. The van der Waals surface area contributed by atoms with Gasteiger partial charge in [-0.3, -0.25) is 0 Å². The minimum atomic E-state index is 0.899. The summed E-state index contributed by atoms with van der Waals surface area (Å²) in [6.45, 7) is 8.94. The lowest BCUT2D eigenvalue weighted by molar-refractivity contribution is 0.118. The van der Waals surface area contributed by atoms with E-state index in [9.17, 15) is 0 Å². The molecule has 0 radical (unpaired) electrons. The Morgan fingerprint density at radius 1 is 1.17 bits per heavy atom. The topological polar surface area (TPSA) is 3.24 Å². The van der Waals surface area contributed by atoms with Crippen molar-refractivity contribution in [1.82, 2.24) is 4.90 Å². The molecule has 3 atom stereocenters. The first-order valence-electron chi connectivity index (χ1n) is 5.49. The molecule has 12 heavy (non-hydrogen) atoms. The minimum Gasteiger partial charge on any atom is -0.303 e. The third-order valence-electron chi connectivity index (χ3n) is 3.80. The Morgan fingerprint density at radius 2 is 2.00 bits per heavy atom. The Balaban J connectivity index is 2.06. The molecule has 0 N–H and O–H groups in total. The second-order valence-corrected chi connectivity index (χ2v) is 4.90. The van der Waals surface area contributed by atoms with Crippen molar-refractivity contribution in [1.29, 1.82) is 0 Å². The summed E-state index contributed by atoms with van der Waals surface area (Å²) in [5.74, 6) is 2.96. The van der Waals surface area contributed by atoms with Crippen LogP contribution in [0.3, 0.4) is 0 Å². The maximum absolute atomic E-state index is 2.67. The molecule has 3 aliphatic heterocycles. The zero-order valence-electron chi connectivity index (χ0n) is 8.42. The van der Waals surface area contributed by atoms with Crippen molar-refractivity contribution in [3.05, 3.63) is 0 Å². The van der Waals surface area contributed by atoms with E-state index in [2.05, 4.69) is 18.7 Å². The van der Waals surface area contributed by atoms with Crippen LogP contribution >= 0.6 is 0 Å². The van der Waals surface area contributed by atoms with Gasteiger partial charge in [0.2, 0.25) is 0 Å². The number of piperidine rings is 1. The Hall–Kier alpha value is -0.0400. The molecule has 70 valence electrons. The van der Waals surface area contributed by atoms with Crippen LogP contribution < -0.4 is 0 Å². The average molecular weight is 167 g/mol. The predicted octanol–water partition coefficient (Wildman–Crippen LogP) is 2.37. The molecule has 0 spiro atoms. The van der Waals surface area contributed by atoms with E-state index in [1.165, 1.54) is 38.9 Å². The molecule has 2 bridgehead atoms. The summed E-state index contributed by atoms with van der Waals surface area (Å²) in [6.07, 6.45) is 4.43. The molecule has 3 aliphatic rings. The first-order valence-corrected chi connectivity index (χ1v) is 5.49. The van der Waals surface area contributed by atoms with Gasteiger partial charge in [0, 0.05) is 6.54 Å². The van der Waals surface area contributed by atoms with Gasteiger partial charge in [0.05, 0.1) is 0 Å². The van der Waals surface area contributed by atoms with E-state index in [1.54, 1.807) is 0 Å². The number of rotatable bonds is 1. The van der Waals surface area contributed by atoms with Crippen LogP contribution in [-0.2, 0) is 0 Å². The van der Waals surface area contributed by atoms with E-state index < -0.39 is 0 Å². The van der Waals surface area contributed by atoms with Gasteiger partial charge in [0.1, 0.15) is 0 Å². The number of hydrogen-bond donors (Lipinski definition) is 0. The maximum Gasteiger partial charge on any atom is 0.00148 e. The first-order chi connectivity index (χ1) is 5.77. The van der Waals surface area contributed by atoms with Crippen LogP contribution in [0.25, 0.3) is 0 Å². The number of nitrogens with zero attached hydrogens (tertiary/aromatic N) is 1. The van der Waals surface area contributed by atoms with E-state index >= 15 is 0 Å². The highest BCUT2D eigenvalue weighted by atomic mass is 15.1. The van der Waals surface area contributed by atoms with Crippen molar-refractivity contribution in [3.63, 3.8) is 0 Å². The fraction of sp³-hybridized carbons (Fsp3) is 1.00. The van der Waals surface area contributed by atoms with Gasteiger partial charge in [-0.1, -0.05) is 13.8 Å². The zero-order chi connectivity index (χ0) is 8.55. The molecule has 0 saturated carbocycles. The molecule has 3 rings (SSSR count). The molecule has 3 fully saturated rings. The Morgan fingerprint density at radius 3 is 2.75 bits per heavy atom. The fourth-order valence-electron chi connectivity index (χ4n) is 2.99. The molecule has 3 saturated heterocycles. The Labute approximate surface area is 76.1 Å². The van der Waals surface area contributed by atoms with E-state index in [0.29, 0.717) is 0 Å². The molecule has 0 aromatic rings. The van der Waals surface area contributed by atoms with Gasteiger partial charge < -0.3 is 4.90 Å². The molecule has 0 aliphatic carbocycles. The van der Waals surface area contributed by atoms with Crippen LogP contribution in [0.4, 0.5) is 0 Å². The highest BCUT2D eigenvalue weighted by molar-refractivity contribution is 4.85. The highest BCUT2D eigenvalue weighted by Gasteiger charge is 2.33. The third-order valence-corrected chi connectivity index (χ3v) is 3.80. The second-order valence-electron chi connectivity index (χ2n) is 4.90. The van der Waals surface area contributed by atoms with Crippen molar-refractivity contribution in [2.45, 2.75) is 33.1 Å². The summed E-state index contributed by atoms with van der Waals surface area (Å²) in [6, 6.07) is 0. The first kappa shape index (κ1) is 8.55. The van der Waals surface area contributed by atoms with Crippen LogP contribution in [-0.4, -0.2) is 24.5 Å². The summed E-state index contributed by atoms with van der Waals surface area (Å²) in [4.78, 5) is 2.67. The van der Waals surface area contributed by atoms with Crippen molar-refractivity contribution < 1.29 is 0 Å². The fourth-order valence-corrected chi connectivity index (χ4v) is 2.99. The molecule has 3 heterocycles. The van der Waals surface area contributed by atoms with E-state index in [4.69, 9.17) is 0 Å². The summed E-state index contributed by atoms with van der Waals surface area (Å²) in [5.41, 5.74) is 0. The van der Waals surface area contributed by atoms with Gasteiger partial charge in [0.25, 0.3) is 0 Å². The van der Waals surface area contributed by atoms with Crippen LogP contribution in [0.1, 0.15) is 33.1 Å². The zero-order valence-corrected chi connectivity index (χ0v) is 8.42. The van der Waals surface area contributed by atoms with E-state index in [0.717, 1.165) is 17.8 Å². The Bertz CT molecular complexity index is 149. The van der Waals surface area contributed by atoms with E-state index in [-0.39, 0.29) is 0 Å². The summed E-state index contributed by atoms with van der Waals surface area (Å²) in [7, 11) is 0. The molecule has 1 heteroatoms. The molecule has 0 aromatic carbocycles. The molecule has 0 amide bonds. The van der Waals surface area contributed by atoms with Crippen molar-refractivity contribution >= 4 is 0 Å². The summed E-state index contributed by atoms with van der Waals surface area (Å²) >= 11 is 0. The third kappa shape index (κ3) is 1.52. The van der Waals surface area contributed by atoms with Gasteiger partial charge in [-0.15, -0.1) is 0 Å². The number of fused-ring (bicyclic) bond motifs is 4. The minimum absolute atomic E-state index is 0.899. The quantitative estimate of drug-likeness (QED) is 0.579. The molecule has 3 unspecified atom stereocenters.